The molecule has 1 N–H and O–H groups in total. The number of carbonyl (C=O) groups excluding carboxylic acids is 1. The number of pyridine rings is 1. The van der Waals surface area contributed by atoms with Crippen molar-refractivity contribution in [3.8, 4) is 11.8 Å². The number of methoxy groups -OCH3 is 1. The molecular weight excluding hydrogens is 528 g/mol. The molecule has 0 aliphatic carbocycles. The Morgan fingerprint density at radius 1 is 1.10 bits per heavy atom. The maximum Gasteiger partial charge on any atom is 0.270 e. The molecule has 0 spiro atoms. The lowest BCUT2D eigenvalue weighted by atomic mass is 10.0. The summed E-state index contributed by atoms with van der Waals surface area (Å²) in [4.78, 5) is 28.8. The number of benzene rings is 2. The number of unbranched alkanes of at least 4 members (excludes halogenated alkanes) is 1. The Morgan fingerprint density at radius 3 is 2.46 bits per heavy atom. The van der Waals surface area contributed by atoms with Gasteiger partial charge in [-0.25, -0.2) is 0 Å². The summed E-state index contributed by atoms with van der Waals surface area (Å²) in [6.07, 6.45) is 3.43. The summed E-state index contributed by atoms with van der Waals surface area (Å²) >= 11 is 6.79. The third-order valence-electron chi connectivity index (χ3n) is 6.56. The van der Waals surface area contributed by atoms with Gasteiger partial charge in [-0.15, -0.1) is 0 Å². The van der Waals surface area contributed by atoms with Crippen molar-refractivity contribution in [1.29, 1.82) is 5.26 Å². The molecule has 1 saturated heterocycles. The van der Waals surface area contributed by atoms with E-state index in [1.54, 1.807) is 29.6 Å². The van der Waals surface area contributed by atoms with E-state index in [2.05, 4.69) is 18.3 Å². The lowest BCUT2D eigenvalue weighted by Gasteiger charge is -2.20. The molecule has 0 radical (unpaired) electrons. The molecule has 1 amide bonds. The first-order valence-electron chi connectivity index (χ1n) is 12.7. The molecular formula is C30H30N4O3S2. The second-order valence-electron chi connectivity index (χ2n) is 9.14. The Morgan fingerprint density at radius 2 is 1.82 bits per heavy atom. The van der Waals surface area contributed by atoms with E-state index in [0.29, 0.717) is 45.8 Å². The first kappa shape index (κ1) is 28.1. The van der Waals surface area contributed by atoms with Gasteiger partial charge in [0.25, 0.3) is 11.5 Å². The number of carbonyl (C=O) groups is 1. The summed E-state index contributed by atoms with van der Waals surface area (Å²) in [5, 5.41) is 13.3. The van der Waals surface area contributed by atoms with Crippen molar-refractivity contribution in [2.24, 2.45) is 0 Å². The van der Waals surface area contributed by atoms with Crippen LogP contribution in [0, 0.1) is 18.3 Å². The number of thiocarbonyl (C=S) groups is 1. The van der Waals surface area contributed by atoms with Crippen molar-refractivity contribution < 1.29 is 9.53 Å². The summed E-state index contributed by atoms with van der Waals surface area (Å²) in [7, 11) is 1.61. The van der Waals surface area contributed by atoms with Crippen LogP contribution in [0.4, 0.5) is 5.82 Å². The Kier molecular flexibility index (Phi) is 9.23. The molecule has 1 aliphatic heterocycles. The average Bonchev–Trinajstić information content (AvgIpc) is 3.21. The Labute approximate surface area is 238 Å². The highest BCUT2D eigenvalue weighted by Gasteiger charge is 2.33. The summed E-state index contributed by atoms with van der Waals surface area (Å²) in [5.74, 6) is 1.12. The molecule has 1 aliphatic rings. The van der Waals surface area contributed by atoms with Crippen LogP contribution in [0.3, 0.4) is 0 Å². The molecule has 3 aromatic rings. The van der Waals surface area contributed by atoms with E-state index in [9.17, 15) is 14.9 Å². The molecule has 4 rings (SSSR count). The largest absolute Gasteiger partial charge is 0.497 e. The topological polar surface area (TPSA) is 87.4 Å². The number of hydrogen-bond donors (Lipinski definition) is 1. The first-order chi connectivity index (χ1) is 18.9. The number of nitriles is 1. The zero-order chi connectivity index (χ0) is 27.9. The van der Waals surface area contributed by atoms with Crippen molar-refractivity contribution in [1.82, 2.24) is 9.47 Å². The average molecular weight is 559 g/mol. The van der Waals surface area contributed by atoms with Crippen LogP contribution < -0.4 is 15.6 Å². The van der Waals surface area contributed by atoms with E-state index < -0.39 is 0 Å². The third kappa shape index (κ3) is 6.24. The number of nitrogens with zero attached hydrogens (tertiary/aromatic N) is 3. The molecule has 0 saturated carbocycles. The molecule has 7 nitrogen and oxygen atoms in total. The molecule has 0 bridgehead atoms. The molecule has 1 fully saturated rings. The highest BCUT2D eigenvalue weighted by molar-refractivity contribution is 8.26. The van der Waals surface area contributed by atoms with Crippen molar-refractivity contribution in [2.45, 2.75) is 46.3 Å². The quantitative estimate of drug-likeness (QED) is 0.247. The van der Waals surface area contributed by atoms with Crippen LogP contribution >= 0.6 is 24.0 Å². The molecule has 9 heteroatoms. The Balaban J connectivity index is 1.75. The summed E-state index contributed by atoms with van der Waals surface area (Å²) < 4.78 is 7.31. The Bertz CT molecular complexity index is 1510. The van der Waals surface area contributed by atoms with E-state index in [0.717, 1.165) is 29.7 Å². The monoisotopic (exact) mass is 558 g/mol. The third-order valence-corrected chi connectivity index (χ3v) is 7.94. The van der Waals surface area contributed by atoms with Gasteiger partial charge in [-0.1, -0.05) is 79.8 Å². The molecule has 2 heterocycles. The summed E-state index contributed by atoms with van der Waals surface area (Å²) in [5.41, 5.74) is 2.90. The summed E-state index contributed by atoms with van der Waals surface area (Å²) in [6.45, 7) is 5.08. The van der Waals surface area contributed by atoms with Crippen LogP contribution in [0.25, 0.3) is 6.08 Å². The number of amides is 1. The fraction of sp³-hybridized carbons (Fsp3) is 0.267. The second-order valence-corrected chi connectivity index (χ2v) is 10.8. The van der Waals surface area contributed by atoms with Crippen LogP contribution in [-0.4, -0.2) is 26.8 Å². The van der Waals surface area contributed by atoms with Crippen molar-refractivity contribution in [3.05, 3.63) is 97.7 Å². The van der Waals surface area contributed by atoms with Gasteiger partial charge >= 0.3 is 0 Å². The van der Waals surface area contributed by atoms with Gasteiger partial charge in [0, 0.05) is 18.7 Å². The predicted octanol–water partition coefficient (Wildman–Crippen LogP) is 5.85. The van der Waals surface area contributed by atoms with Crippen molar-refractivity contribution in [2.75, 3.05) is 12.4 Å². The number of nitrogens with one attached hydrogen (secondary N) is 1. The van der Waals surface area contributed by atoms with Crippen LogP contribution in [0.15, 0.2) is 64.3 Å². The van der Waals surface area contributed by atoms with Gasteiger partial charge in [0.2, 0.25) is 0 Å². The van der Waals surface area contributed by atoms with Gasteiger partial charge < -0.3 is 10.1 Å². The van der Waals surface area contributed by atoms with E-state index in [1.807, 2.05) is 54.6 Å². The van der Waals surface area contributed by atoms with Gasteiger partial charge in [-0.05, 0) is 48.2 Å². The standard InChI is InChI=1S/C30H30N4O3S2/c1-4-5-15-33-27(32-18-21-9-7-6-8-10-21)24(20(2)25(17-31)28(33)35)16-26-29(36)34(30(38)39-26)19-22-11-13-23(37-3)14-12-22/h6-14,16,32H,4-5,15,18-19H2,1-3H3/b26-16+. The fourth-order valence-corrected chi connectivity index (χ4v) is 5.58. The molecule has 0 unspecified atom stereocenters. The molecule has 2 aromatic carbocycles. The molecule has 39 heavy (non-hydrogen) atoms. The predicted molar refractivity (Wildman–Crippen MR) is 161 cm³/mol. The smallest absolute Gasteiger partial charge is 0.270 e. The number of hydrogen-bond acceptors (Lipinski definition) is 7. The van der Waals surface area contributed by atoms with Gasteiger partial charge in [0.15, 0.2) is 0 Å². The lowest BCUT2D eigenvalue weighted by Crippen LogP contribution is -2.28. The van der Waals surface area contributed by atoms with Gasteiger partial charge in [-0.3, -0.25) is 19.1 Å². The highest BCUT2D eigenvalue weighted by atomic mass is 32.2. The normalized spacial score (nSPS) is 14.1. The van der Waals surface area contributed by atoms with Gasteiger partial charge in [-0.2, -0.15) is 5.26 Å². The van der Waals surface area contributed by atoms with Crippen molar-refractivity contribution >= 4 is 46.1 Å². The van der Waals surface area contributed by atoms with Crippen LogP contribution in [0.5, 0.6) is 5.75 Å². The van der Waals surface area contributed by atoms with Crippen LogP contribution in [0.2, 0.25) is 0 Å². The summed E-state index contributed by atoms with van der Waals surface area (Å²) in [6, 6.07) is 19.5. The highest BCUT2D eigenvalue weighted by Crippen LogP contribution is 2.36. The van der Waals surface area contributed by atoms with Crippen LogP contribution in [0.1, 0.15) is 47.6 Å². The van der Waals surface area contributed by atoms with E-state index in [1.165, 1.54) is 11.8 Å². The fourth-order valence-electron chi connectivity index (χ4n) is 4.35. The number of thioether (sulfide) groups is 1. The van der Waals surface area contributed by atoms with Gasteiger partial charge in [0.05, 0.1) is 18.6 Å². The second kappa shape index (κ2) is 12.8. The number of aromatic nitrogens is 1. The first-order valence-corrected chi connectivity index (χ1v) is 13.9. The van der Waals surface area contributed by atoms with Crippen LogP contribution in [-0.2, 0) is 24.4 Å². The zero-order valence-corrected chi connectivity index (χ0v) is 23.8. The minimum absolute atomic E-state index is 0.0799. The number of anilines is 1. The number of ether oxygens (including phenoxy) is 1. The molecule has 1 aromatic heterocycles. The van der Waals surface area contributed by atoms with E-state index in [-0.39, 0.29) is 17.0 Å². The van der Waals surface area contributed by atoms with Gasteiger partial charge in [0.1, 0.15) is 27.5 Å². The Hall–Kier alpha value is -3.87. The van der Waals surface area contributed by atoms with E-state index in [4.69, 9.17) is 17.0 Å². The maximum atomic E-state index is 13.5. The maximum absolute atomic E-state index is 13.5. The minimum Gasteiger partial charge on any atom is -0.497 e. The minimum atomic E-state index is -0.330. The zero-order valence-electron chi connectivity index (χ0n) is 22.2. The molecule has 0 atom stereocenters. The van der Waals surface area contributed by atoms with E-state index >= 15 is 0 Å². The molecule has 200 valence electrons. The number of rotatable bonds is 10. The van der Waals surface area contributed by atoms with Crippen molar-refractivity contribution in [3.63, 3.8) is 0 Å². The lowest BCUT2D eigenvalue weighted by molar-refractivity contribution is -0.122. The SMILES string of the molecule is CCCCn1c(NCc2ccccc2)c(/C=C2/SC(=S)N(Cc3ccc(OC)cc3)C2=O)c(C)c(C#N)c1=O.